The average molecular weight is 684 g/mol. The normalized spacial score (nSPS) is 12.3. The SMILES string of the molecule is CCCCCCCC=CCCc1ccccc1N=C(CCCC)C(CCCC)=Nc1ccccc1CCC=CCCCCCCC.[Ni]. The van der Waals surface area contributed by atoms with Crippen molar-refractivity contribution >= 4 is 22.8 Å². The summed E-state index contributed by atoms with van der Waals surface area (Å²) in [6, 6.07) is 17.6. The third-order valence-corrected chi connectivity index (χ3v) is 8.80. The van der Waals surface area contributed by atoms with Crippen molar-refractivity contribution in [2.45, 2.75) is 169 Å². The van der Waals surface area contributed by atoms with E-state index in [1.165, 1.54) is 99.6 Å². The molecule has 3 heteroatoms. The molecule has 0 aliphatic heterocycles. The van der Waals surface area contributed by atoms with E-state index in [4.69, 9.17) is 9.98 Å². The second-order valence-electron chi connectivity index (χ2n) is 13.0. The van der Waals surface area contributed by atoms with Crippen LogP contribution in [-0.4, -0.2) is 11.4 Å². The van der Waals surface area contributed by atoms with Gasteiger partial charge in [-0.1, -0.05) is 153 Å². The van der Waals surface area contributed by atoms with Gasteiger partial charge in [0.1, 0.15) is 0 Å². The molecule has 0 N–H and O–H groups in total. The van der Waals surface area contributed by atoms with E-state index in [2.05, 4.69) is 101 Å². The summed E-state index contributed by atoms with van der Waals surface area (Å²) in [5, 5.41) is 0. The van der Waals surface area contributed by atoms with E-state index >= 15 is 0 Å². The van der Waals surface area contributed by atoms with Crippen LogP contribution < -0.4 is 0 Å². The molecule has 264 valence electrons. The minimum absolute atomic E-state index is 0. The monoisotopic (exact) mass is 682 g/mol. The molecule has 0 fully saturated rings. The molecule has 0 aromatic heterocycles. The van der Waals surface area contributed by atoms with Crippen LogP contribution in [0.4, 0.5) is 11.4 Å². The summed E-state index contributed by atoms with van der Waals surface area (Å²) >= 11 is 0. The number of hydrogen-bond donors (Lipinski definition) is 0. The quantitative estimate of drug-likeness (QED) is 0.0388. The predicted octanol–water partition coefficient (Wildman–Crippen LogP) is 14.6. The van der Waals surface area contributed by atoms with Gasteiger partial charge < -0.3 is 0 Å². The zero-order valence-electron chi connectivity index (χ0n) is 30.7. The minimum atomic E-state index is 0. The third kappa shape index (κ3) is 20.0. The van der Waals surface area contributed by atoms with Crippen molar-refractivity contribution in [1.29, 1.82) is 0 Å². The molecule has 2 aromatic rings. The molecule has 0 heterocycles. The molecule has 0 aliphatic rings. The van der Waals surface area contributed by atoms with Crippen molar-refractivity contribution in [2.24, 2.45) is 9.98 Å². The first-order valence-electron chi connectivity index (χ1n) is 19.3. The smallest absolute Gasteiger partial charge is 0.0665 e. The Kier molecular flexibility index (Phi) is 27.2. The van der Waals surface area contributed by atoms with Gasteiger partial charge in [0, 0.05) is 16.5 Å². The first kappa shape index (κ1) is 42.8. The van der Waals surface area contributed by atoms with E-state index in [1.807, 2.05) is 0 Å². The molecule has 47 heavy (non-hydrogen) atoms. The van der Waals surface area contributed by atoms with Crippen molar-refractivity contribution in [2.75, 3.05) is 0 Å². The summed E-state index contributed by atoms with van der Waals surface area (Å²) in [4.78, 5) is 10.8. The number of aryl methyl sites for hydroxylation is 2. The summed E-state index contributed by atoms with van der Waals surface area (Å²) < 4.78 is 0. The zero-order valence-corrected chi connectivity index (χ0v) is 31.7. The maximum atomic E-state index is 5.41. The van der Waals surface area contributed by atoms with Crippen LogP contribution in [0.2, 0.25) is 0 Å². The van der Waals surface area contributed by atoms with Gasteiger partial charge in [-0.15, -0.1) is 0 Å². The van der Waals surface area contributed by atoms with E-state index in [0.29, 0.717) is 0 Å². The Labute approximate surface area is 301 Å². The van der Waals surface area contributed by atoms with Crippen LogP contribution >= 0.6 is 0 Å². The van der Waals surface area contributed by atoms with Crippen molar-refractivity contribution in [3.63, 3.8) is 0 Å². The van der Waals surface area contributed by atoms with Crippen LogP contribution in [0.15, 0.2) is 82.8 Å². The summed E-state index contributed by atoms with van der Waals surface area (Å²) in [7, 11) is 0. The molecular formula is C44H68N2Ni. The molecule has 0 spiro atoms. The first-order chi connectivity index (χ1) is 22.7. The Morgan fingerprint density at radius 3 is 1.21 bits per heavy atom. The molecule has 0 bridgehead atoms. The van der Waals surface area contributed by atoms with Gasteiger partial charge in [-0.2, -0.15) is 0 Å². The Hall–Kier alpha value is -2.25. The van der Waals surface area contributed by atoms with Gasteiger partial charge >= 0.3 is 0 Å². The van der Waals surface area contributed by atoms with Gasteiger partial charge in [-0.3, -0.25) is 9.98 Å². The fraction of sp³-hybridized carbons (Fsp3) is 0.591. The number of hydrogen-bond acceptors (Lipinski definition) is 2. The van der Waals surface area contributed by atoms with Crippen molar-refractivity contribution in [3.05, 3.63) is 84.0 Å². The Morgan fingerprint density at radius 1 is 0.447 bits per heavy atom. The number of nitrogens with zero attached hydrogens (tertiary/aromatic N) is 2. The van der Waals surface area contributed by atoms with E-state index < -0.39 is 0 Å². The van der Waals surface area contributed by atoms with Crippen LogP contribution in [0, 0.1) is 0 Å². The van der Waals surface area contributed by atoms with Crippen LogP contribution in [-0.2, 0) is 29.3 Å². The summed E-state index contributed by atoms with van der Waals surface area (Å²) in [5.41, 5.74) is 7.30. The van der Waals surface area contributed by atoms with Gasteiger partial charge in [-0.25, -0.2) is 0 Å². The number of para-hydroxylation sites is 2. The summed E-state index contributed by atoms with van der Waals surface area (Å²) in [6.45, 7) is 9.12. The number of unbranched alkanes of at least 4 members (excludes halogenated alkanes) is 12. The molecule has 0 amide bonds. The number of rotatable bonds is 27. The third-order valence-electron chi connectivity index (χ3n) is 8.80. The fourth-order valence-corrected chi connectivity index (χ4v) is 5.85. The molecule has 0 saturated heterocycles. The molecule has 0 aliphatic carbocycles. The topological polar surface area (TPSA) is 24.7 Å². The van der Waals surface area contributed by atoms with Crippen LogP contribution in [0.1, 0.15) is 167 Å². The maximum absolute atomic E-state index is 5.41. The summed E-state index contributed by atoms with van der Waals surface area (Å²) in [6.07, 6.45) is 36.2. The zero-order chi connectivity index (χ0) is 32.9. The van der Waals surface area contributed by atoms with Crippen LogP contribution in [0.3, 0.4) is 0 Å². The second-order valence-corrected chi connectivity index (χ2v) is 13.0. The second kappa shape index (κ2) is 29.9. The van der Waals surface area contributed by atoms with Crippen molar-refractivity contribution in [3.8, 4) is 0 Å². The average Bonchev–Trinajstić information content (AvgIpc) is 3.08. The Morgan fingerprint density at radius 2 is 0.809 bits per heavy atom. The number of aliphatic imine (C=N–C) groups is 2. The minimum Gasteiger partial charge on any atom is -0.251 e. The fourth-order valence-electron chi connectivity index (χ4n) is 5.85. The van der Waals surface area contributed by atoms with E-state index in [9.17, 15) is 0 Å². The molecule has 0 saturated carbocycles. The molecule has 2 aromatic carbocycles. The Balaban J connectivity index is 0.0000110. The summed E-state index contributed by atoms with van der Waals surface area (Å²) in [5.74, 6) is 0. The Bertz CT molecular complexity index is 1070. The van der Waals surface area contributed by atoms with Crippen LogP contribution in [0.25, 0.3) is 0 Å². The van der Waals surface area contributed by atoms with Gasteiger partial charge in [0.05, 0.1) is 22.8 Å². The number of allylic oxidation sites excluding steroid dienone is 4. The molecule has 0 radical (unpaired) electrons. The van der Waals surface area contributed by atoms with Crippen molar-refractivity contribution in [1.82, 2.24) is 0 Å². The molecule has 0 unspecified atom stereocenters. The largest absolute Gasteiger partial charge is 0.251 e. The molecule has 0 atom stereocenters. The maximum Gasteiger partial charge on any atom is 0.0665 e. The molecular weight excluding hydrogens is 615 g/mol. The van der Waals surface area contributed by atoms with Crippen molar-refractivity contribution < 1.29 is 16.5 Å². The first-order valence-corrected chi connectivity index (χ1v) is 19.3. The predicted molar refractivity (Wildman–Crippen MR) is 208 cm³/mol. The van der Waals surface area contributed by atoms with Gasteiger partial charge in [0.25, 0.3) is 0 Å². The standard InChI is InChI=1S/C44H68N2.Ni/c1-5-9-13-15-17-19-21-23-25-31-39-33-27-29-37-41(39)45-43(35-11-7-3)44(36-12-8-4)46-42-38-30-28-34-40(42)32-26-24-22-20-18-16-14-10-6-2;/h21-24,27-30,33-34,37-38H,5-20,25-26,31-32,35-36H2,1-4H3;. The van der Waals surface area contributed by atoms with Gasteiger partial charge in [-0.05, 0) is 100 Å². The van der Waals surface area contributed by atoms with E-state index in [1.54, 1.807) is 0 Å². The van der Waals surface area contributed by atoms with Gasteiger partial charge in [0.15, 0.2) is 0 Å². The molecule has 2 rings (SSSR count). The van der Waals surface area contributed by atoms with Gasteiger partial charge in [0.2, 0.25) is 0 Å². The number of benzene rings is 2. The van der Waals surface area contributed by atoms with E-state index in [0.717, 1.165) is 75.6 Å². The van der Waals surface area contributed by atoms with Crippen LogP contribution in [0.5, 0.6) is 0 Å². The molecule has 2 nitrogen and oxygen atoms in total. The van der Waals surface area contributed by atoms with E-state index in [-0.39, 0.29) is 16.5 Å².